The highest BCUT2D eigenvalue weighted by Crippen LogP contribution is 2.27. The normalized spacial score (nSPS) is 10.1. The van der Waals surface area contributed by atoms with E-state index in [9.17, 15) is 4.79 Å². The van der Waals surface area contributed by atoms with Crippen molar-refractivity contribution in [1.29, 1.82) is 0 Å². The van der Waals surface area contributed by atoms with E-state index in [0.717, 1.165) is 34.7 Å². The van der Waals surface area contributed by atoms with Crippen LogP contribution in [0.4, 0.5) is 0 Å². The summed E-state index contributed by atoms with van der Waals surface area (Å²) in [6.07, 6.45) is 0.777. The second kappa shape index (κ2) is 4.40. The standard InChI is InChI=1S/C11H10N2O2S/c1-7-5-8(3-4-9(7)15-2)11-10(6-14)16-13-12-11/h3-6H,1-2H3. The summed E-state index contributed by atoms with van der Waals surface area (Å²) >= 11 is 1.10. The first-order valence-corrected chi connectivity index (χ1v) is 5.46. The minimum Gasteiger partial charge on any atom is -0.496 e. The maximum absolute atomic E-state index is 10.8. The summed E-state index contributed by atoms with van der Waals surface area (Å²) in [6, 6.07) is 5.66. The number of nitrogens with zero attached hydrogens (tertiary/aromatic N) is 2. The van der Waals surface area contributed by atoms with Gasteiger partial charge >= 0.3 is 0 Å². The summed E-state index contributed by atoms with van der Waals surface area (Å²) in [7, 11) is 1.63. The Morgan fingerprint density at radius 3 is 2.88 bits per heavy atom. The van der Waals surface area contributed by atoms with Gasteiger partial charge in [0.15, 0.2) is 6.29 Å². The number of hydrogen-bond acceptors (Lipinski definition) is 5. The Labute approximate surface area is 97.0 Å². The summed E-state index contributed by atoms with van der Waals surface area (Å²) in [5.41, 5.74) is 2.52. The quantitative estimate of drug-likeness (QED) is 0.765. The van der Waals surface area contributed by atoms with Crippen molar-refractivity contribution >= 4 is 17.8 Å². The fourth-order valence-corrected chi connectivity index (χ4v) is 2.00. The summed E-state index contributed by atoms with van der Waals surface area (Å²) < 4.78 is 8.94. The largest absolute Gasteiger partial charge is 0.496 e. The van der Waals surface area contributed by atoms with Crippen molar-refractivity contribution in [3.05, 3.63) is 28.6 Å². The molecule has 2 aromatic rings. The summed E-state index contributed by atoms with van der Waals surface area (Å²) in [5, 5.41) is 3.95. The molecule has 0 spiro atoms. The molecular formula is C11H10N2O2S. The van der Waals surface area contributed by atoms with E-state index >= 15 is 0 Å². The smallest absolute Gasteiger partial charge is 0.163 e. The molecule has 0 aliphatic carbocycles. The van der Waals surface area contributed by atoms with Crippen LogP contribution in [0.5, 0.6) is 5.75 Å². The van der Waals surface area contributed by atoms with Gasteiger partial charge in [0.05, 0.1) is 7.11 Å². The van der Waals surface area contributed by atoms with Crippen molar-refractivity contribution in [2.75, 3.05) is 7.11 Å². The minimum absolute atomic E-state index is 0.546. The maximum Gasteiger partial charge on any atom is 0.163 e. The summed E-state index contributed by atoms with van der Waals surface area (Å²) in [4.78, 5) is 11.3. The van der Waals surface area contributed by atoms with E-state index in [2.05, 4.69) is 9.59 Å². The predicted molar refractivity (Wildman–Crippen MR) is 62.0 cm³/mol. The van der Waals surface area contributed by atoms with E-state index in [1.165, 1.54) is 0 Å². The highest BCUT2D eigenvalue weighted by molar-refractivity contribution is 7.07. The molecule has 0 unspecified atom stereocenters. The van der Waals surface area contributed by atoms with Gasteiger partial charge in [-0.25, -0.2) is 0 Å². The first-order chi connectivity index (χ1) is 7.76. The van der Waals surface area contributed by atoms with Gasteiger partial charge in [0.2, 0.25) is 0 Å². The van der Waals surface area contributed by atoms with Crippen LogP contribution in [0.15, 0.2) is 18.2 Å². The molecule has 0 aliphatic heterocycles. The molecule has 0 bridgehead atoms. The van der Waals surface area contributed by atoms with E-state index in [0.29, 0.717) is 10.6 Å². The number of methoxy groups -OCH3 is 1. The molecule has 4 nitrogen and oxygen atoms in total. The van der Waals surface area contributed by atoms with Crippen molar-refractivity contribution in [2.24, 2.45) is 0 Å². The van der Waals surface area contributed by atoms with Crippen LogP contribution in [0.1, 0.15) is 15.2 Å². The Morgan fingerprint density at radius 2 is 2.25 bits per heavy atom. The van der Waals surface area contributed by atoms with Gasteiger partial charge in [-0.05, 0) is 42.2 Å². The van der Waals surface area contributed by atoms with Gasteiger partial charge in [-0.1, -0.05) is 4.49 Å². The van der Waals surface area contributed by atoms with Crippen LogP contribution in [-0.4, -0.2) is 23.0 Å². The Morgan fingerprint density at radius 1 is 1.44 bits per heavy atom. The Kier molecular flexibility index (Phi) is 2.96. The molecule has 16 heavy (non-hydrogen) atoms. The number of carbonyl (C=O) groups is 1. The molecule has 0 amide bonds. The van der Waals surface area contributed by atoms with Crippen LogP contribution in [-0.2, 0) is 0 Å². The van der Waals surface area contributed by atoms with Gasteiger partial charge in [-0.15, -0.1) is 5.10 Å². The molecule has 1 aromatic carbocycles. The molecule has 0 N–H and O–H groups in total. The number of aldehydes is 1. The number of aromatic nitrogens is 2. The SMILES string of the molecule is COc1ccc(-c2nnsc2C=O)cc1C. The van der Waals surface area contributed by atoms with E-state index in [1.54, 1.807) is 7.11 Å². The summed E-state index contributed by atoms with van der Waals surface area (Å²) in [6.45, 7) is 1.95. The van der Waals surface area contributed by atoms with Crippen LogP contribution < -0.4 is 4.74 Å². The van der Waals surface area contributed by atoms with Crippen LogP contribution in [0.25, 0.3) is 11.3 Å². The van der Waals surface area contributed by atoms with Gasteiger partial charge in [0.1, 0.15) is 16.3 Å². The topological polar surface area (TPSA) is 52.1 Å². The lowest BCUT2D eigenvalue weighted by molar-refractivity contribution is 0.112. The number of ether oxygens (including phenoxy) is 1. The lowest BCUT2D eigenvalue weighted by atomic mass is 10.1. The third-order valence-electron chi connectivity index (χ3n) is 2.29. The highest BCUT2D eigenvalue weighted by atomic mass is 32.1. The minimum atomic E-state index is 0.546. The monoisotopic (exact) mass is 234 g/mol. The molecule has 82 valence electrons. The van der Waals surface area contributed by atoms with Gasteiger partial charge in [-0.2, -0.15) is 0 Å². The lowest BCUT2D eigenvalue weighted by Crippen LogP contribution is -1.89. The third-order valence-corrected chi connectivity index (χ3v) is 2.94. The fraction of sp³-hybridized carbons (Fsp3) is 0.182. The average molecular weight is 234 g/mol. The molecular weight excluding hydrogens is 224 g/mol. The van der Waals surface area contributed by atoms with Crippen molar-refractivity contribution in [2.45, 2.75) is 6.92 Å². The van der Waals surface area contributed by atoms with Gasteiger partial charge < -0.3 is 4.74 Å². The van der Waals surface area contributed by atoms with E-state index < -0.39 is 0 Å². The van der Waals surface area contributed by atoms with Crippen LogP contribution in [0.2, 0.25) is 0 Å². The molecule has 0 atom stereocenters. The van der Waals surface area contributed by atoms with Crippen molar-refractivity contribution < 1.29 is 9.53 Å². The number of rotatable bonds is 3. The number of aryl methyl sites for hydroxylation is 1. The lowest BCUT2D eigenvalue weighted by Gasteiger charge is -2.05. The molecule has 0 saturated heterocycles. The second-order valence-corrected chi connectivity index (χ2v) is 4.07. The number of carbonyl (C=O) groups excluding carboxylic acids is 1. The van der Waals surface area contributed by atoms with E-state index in [-0.39, 0.29) is 0 Å². The third kappa shape index (κ3) is 1.81. The molecule has 1 heterocycles. The number of benzene rings is 1. The predicted octanol–water partition coefficient (Wildman–Crippen LogP) is 2.33. The summed E-state index contributed by atoms with van der Waals surface area (Å²) in [5.74, 6) is 0.819. The maximum atomic E-state index is 10.8. The molecule has 0 fully saturated rings. The Balaban J connectivity index is 2.49. The van der Waals surface area contributed by atoms with Crippen molar-refractivity contribution in [1.82, 2.24) is 9.59 Å². The zero-order valence-corrected chi connectivity index (χ0v) is 9.75. The fourth-order valence-electron chi connectivity index (χ4n) is 1.50. The molecule has 0 aliphatic rings. The highest BCUT2D eigenvalue weighted by Gasteiger charge is 2.10. The van der Waals surface area contributed by atoms with Crippen LogP contribution in [0.3, 0.4) is 0 Å². The first kappa shape index (κ1) is 10.8. The first-order valence-electron chi connectivity index (χ1n) is 4.69. The van der Waals surface area contributed by atoms with Gasteiger partial charge in [0.25, 0.3) is 0 Å². The molecule has 5 heteroatoms. The van der Waals surface area contributed by atoms with Crippen LogP contribution >= 0.6 is 11.5 Å². The Hall–Kier alpha value is -1.75. The van der Waals surface area contributed by atoms with Gasteiger partial charge in [-0.3, -0.25) is 4.79 Å². The zero-order valence-electron chi connectivity index (χ0n) is 8.93. The van der Waals surface area contributed by atoms with Crippen molar-refractivity contribution in [3.63, 3.8) is 0 Å². The molecule has 0 saturated carbocycles. The van der Waals surface area contributed by atoms with Crippen LogP contribution in [0, 0.1) is 6.92 Å². The Bertz CT molecular complexity index is 522. The zero-order chi connectivity index (χ0) is 11.5. The van der Waals surface area contributed by atoms with E-state index in [1.807, 2.05) is 25.1 Å². The molecule has 2 rings (SSSR count). The van der Waals surface area contributed by atoms with E-state index in [4.69, 9.17) is 4.74 Å². The van der Waals surface area contributed by atoms with Gasteiger partial charge in [0, 0.05) is 5.56 Å². The van der Waals surface area contributed by atoms with Crippen molar-refractivity contribution in [3.8, 4) is 17.0 Å². The molecule has 0 radical (unpaired) electrons. The number of hydrogen-bond donors (Lipinski definition) is 0. The average Bonchev–Trinajstić information content (AvgIpc) is 2.77. The molecule has 1 aromatic heterocycles. The second-order valence-electron chi connectivity index (χ2n) is 3.29.